The van der Waals surface area contributed by atoms with E-state index in [9.17, 15) is 9.59 Å². The summed E-state index contributed by atoms with van der Waals surface area (Å²) >= 11 is 0. The SMILES string of the molecule is O=C(O)CCCCCC(=O)O.[Ti]. The zero-order valence-corrected chi connectivity index (χ0v) is 8.31. The Hall–Kier alpha value is -0.346. The van der Waals surface area contributed by atoms with Crippen LogP contribution in [0.1, 0.15) is 32.1 Å². The molecular weight excluding hydrogens is 196 g/mol. The van der Waals surface area contributed by atoms with Crippen LogP contribution in [0.25, 0.3) is 0 Å². The van der Waals surface area contributed by atoms with Crippen molar-refractivity contribution in [3.05, 3.63) is 0 Å². The zero-order valence-electron chi connectivity index (χ0n) is 6.75. The molecule has 0 rings (SSSR count). The minimum atomic E-state index is -0.819. The van der Waals surface area contributed by atoms with Crippen molar-refractivity contribution in [2.45, 2.75) is 32.1 Å². The zero-order chi connectivity index (χ0) is 8.69. The molecule has 0 atom stereocenters. The maximum Gasteiger partial charge on any atom is 0.303 e. The Morgan fingerprint density at radius 2 is 1.17 bits per heavy atom. The number of hydrogen-bond acceptors (Lipinski definition) is 2. The smallest absolute Gasteiger partial charge is 0.303 e. The van der Waals surface area contributed by atoms with E-state index in [2.05, 4.69) is 0 Å². The molecule has 0 aliphatic carbocycles. The molecule has 0 aromatic heterocycles. The Kier molecular flexibility index (Phi) is 10.3. The van der Waals surface area contributed by atoms with Crippen molar-refractivity contribution in [3.8, 4) is 0 Å². The summed E-state index contributed by atoms with van der Waals surface area (Å²) in [5.41, 5.74) is 0. The first-order valence-corrected chi connectivity index (χ1v) is 3.56. The van der Waals surface area contributed by atoms with E-state index >= 15 is 0 Å². The Labute approximate surface area is 85.8 Å². The molecule has 12 heavy (non-hydrogen) atoms. The fourth-order valence-electron chi connectivity index (χ4n) is 0.729. The Morgan fingerprint density at radius 1 is 0.833 bits per heavy atom. The van der Waals surface area contributed by atoms with Gasteiger partial charge in [-0.2, -0.15) is 0 Å². The van der Waals surface area contributed by atoms with Crippen molar-refractivity contribution in [1.29, 1.82) is 0 Å². The van der Waals surface area contributed by atoms with Crippen LogP contribution < -0.4 is 0 Å². The van der Waals surface area contributed by atoms with Gasteiger partial charge in [0, 0.05) is 34.6 Å². The van der Waals surface area contributed by atoms with Crippen LogP contribution in [0.3, 0.4) is 0 Å². The van der Waals surface area contributed by atoms with E-state index in [4.69, 9.17) is 10.2 Å². The molecule has 0 bridgehead atoms. The van der Waals surface area contributed by atoms with Crippen molar-refractivity contribution >= 4 is 11.9 Å². The molecule has 0 heterocycles. The summed E-state index contributed by atoms with van der Waals surface area (Å²) < 4.78 is 0. The fraction of sp³-hybridized carbons (Fsp3) is 0.714. The third-order valence-electron chi connectivity index (χ3n) is 1.28. The molecule has 0 saturated carbocycles. The normalized spacial score (nSPS) is 8.67. The third-order valence-corrected chi connectivity index (χ3v) is 1.28. The number of carboxylic acids is 2. The van der Waals surface area contributed by atoms with E-state index in [-0.39, 0.29) is 34.6 Å². The van der Waals surface area contributed by atoms with Gasteiger partial charge < -0.3 is 10.2 Å². The van der Waals surface area contributed by atoms with Gasteiger partial charge in [-0.1, -0.05) is 6.42 Å². The molecule has 0 unspecified atom stereocenters. The first-order valence-electron chi connectivity index (χ1n) is 3.56. The van der Waals surface area contributed by atoms with Crippen LogP contribution in [-0.2, 0) is 31.3 Å². The molecule has 68 valence electrons. The second-order valence-electron chi connectivity index (χ2n) is 2.35. The van der Waals surface area contributed by atoms with E-state index in [1.807, 2.05) is 0 Å². The topological polar surface area (TPSA) is 74.6 Å². The van der Waals surface area contributed by atoms with Crippen LogP contribution in [-0.4, -0.2) is 22.2 Å². The summed E-state index contributed by atoms with van der Waals surface area (Å²) in [4.78, 5) is 20.0. The second kappa shape index (κ2) is 8.75. The summed E-state index contributed by atoms with van der Waals surface area (Å²) in [6.07, 6.45) is 2.10. The molecule has 0 spiro atoms. The number of aliphatic carboxylic acids is 2. The van der Waals surface area contributed by atoms with Gasteiger partial charge in [0.25, 0.3) is 0 Å². The molecular formula is C7H12O4Ti. The summed E-state index contributed by atoms with van der Waals surface area (Å²) in [5, 5.41) is 16.4. The number of rotatable bonds is 6. The summed E-state index contributed by atoms with van der Waals surface area (Å²) in [7, 11) is 0. The van der Waals surface area contributed by atoms with E-state index in [0.717, 1.165) is 0 Å². The molecule has 0 fully saturated rings. The Bertz CT molecular complexity index is 130. The van der Waals surface area contributed by atoms with Gasteiger partial charge in [-0.3, -0.25) is 9.59 Å². The molecule has 0 aliphatic rings. The van der Waals surface area contributed by atoms with Gasteiger partial charge in [0.1, 0.15) is 0 Å². The predicted molar refractivity (Wildman–Crippen MR) is 38.4 cm³/mol. The van der Waals surface area contributed by atoms with Gasteiger partial charge in [-0.05, 0) is 12.8 Å². The molecule has 0 radical (unpaired) electrons. The van der Waals surface area contributed by atoms with E-state index in [1.165, 1.54) is 0 Å². The monoisotopic (exact) mass is 208 g/mol. The Morgan fingerprint density at radius 3 is 1.42 bits per heavy atom. The third kappa shape index (κ3) is 12.3. The van der Waals surface area contributed by atoms with Crippen molar-refractivity contribution in [1.82, 2.24) is 0 Å². The number of carbonyl (C=O) groups is 2. The standard InChI is InChI=1S/C7H12O4.Ti/c8-6(9)4-2-1-3-5-7(10)11;/h1-5H2,(H,8,9)(H,10,11);. The molecule has 2 N–H and O–H groups in total. The van der Waals surface area contributed by atoms with Crippen LogP contribution in [0.15, 0.2) is 0 Å². The van der Waals surface area contributed by atoms with E-state index in [0.29, 0.717) is 19.3 Å². The average molecular weight is 208 g/mol. The van der Waals surface area contributed by atoms with Gasteiger partial charge in [0.15, 0.2) is 0 Å². The number of hydrogen-bond donors (Lipinski definition) is 2. The van der Waals surface area contributed by atoms with Crippen molar-refractivity contribution in [2.24, 2.45) is 0 Å². The quantitative estimate of drug-likeness (QED) is 0.506. The van der Waals surface area contributed by atoms with Gasteiger partial charge >= 0.3 is 11.9 Å². The van der Waals surface area contributed by atoms with Crippen LogP contribution in [0.2, 0.25) is 0 Å². The Balaban J connectivity index is 0. The van der Waals surface area contributed by atoms with Crippen LogP contribution in [0.4, 0.5) is 0 Å². The molecule has 4 nitrogen and oxygen atoms in total. The van der Waals surface area contributed by atoms with Crippen LogP contribution >= 0.6 is 0 Å². The van der Waals surface area contributed by atoms with E-state index in [1.54, 1.807) is 0 Å². The molecule has 0 aromatic carbocycles. The summed E-state index contributed by atoms with van der Waals surface area (Å²) in [6, 6.07) is 0. The van der Waals surface area contributed by atoms with Gasteiger partial charge in [-0.15, -0.1) is 0 Å². The molecule has 5 heteroatoms. The maximum atomic E-state index is 9.98. The first kappa shape index (κ1) is 14.2. The summed E-state index contributed by atoms with van der Waals surface area (Å²) in [6.45, 7) is 0. The van der Waals surface area contributed by atoms with Crippen LogP contribution in [0.5, 0.6) is 0 Å². The van der Waals surface area contributed by atoms with E-state index < -0.39 is 11.9 Å². The number of unbranched alkanes of at least 4 members (excludes halogenated alkanes) is 2. The summed E-state index contributed by atoms with van der Waals surface area (Å²) in [5.74, 6) is -1.64. The second-order valence-corrected chi connectivity index (χ2v) is 2.35. The minimum Gasteiger partial charge on any atom is -0.481 e. The first-order chi connectivity index (χ1) is 5.13. The molecule has 0 amide bonds. The maximum absolute atomic E-state index is 9.98. The van der Waals surface area contributed by atoms with Crippen molar-refractivity contribution in [3.63, 3.8) is 0 Å². The average Bonchev–Trinajstić information content (AvgIpc) is 1.85. The molecule has 0 saturated heterocycles. The fourth-order valence-corrected chi connectivity index (χ4v) is 0.729. The molecule has 0 aromatic rings. The van der Waals surface area contributed by atoms with Gasteiger partial charge in [0.2, 0.25) is 0 Å². The van der Waals surface area contributed by atoms with Crippen LogP contribution in [0, 0.1) is 0 Å². The van der Waals surface area contributed by atoms with Crippen molar-refractivity contribution < 1.29 is 41.5 Å². The molecule has 0 aliphatic heterocycles. The largest absolute Gasteiger partial charge is 0.481 e. The van der Waals surface area contributed by atoms with Gasteiger partial charge in [0.05, 0.1) is 0 Å². The number of carboxylic acid groups (broad SMARTS) is 2. The van der Waals surface area contributed by atoms with Crippen molar-refractivity contribution in [2.75, 3.05) is 0 Å². The van der Waals surface area contributed by atoms with Gasteiger partial charge in [-0.25, -0.2) is 0 Å². The predicted octanol–water partition coefficient (Wildman–Crippen LogP) is 1.10. The minimum absolute atomic E-state index is 0.